The van der Waals surface area contributed by atoms with Gasteiger partial charge in [0.15, 0.2) is 5.75 Å². The van der Waals surface area contributed by atoms with Crippen molar-refractivity contribution >= 4 is 42.9 Å². The molecule has 114 valence electrons. The fourth-order valence-electron chi connectivity index (χ4n) is 1.71. The Kier molecular flexibility index (Phi) is 5.03. The Morgan fingerprint density at radius 1 is 1.29 bits per heavy atom. The molecule has 0 bridgehead atoms. The van der Waals surface area contributed by atoms with Crippen LogP contribution >= 0.6 is 33.9 Å². The summed E-state index contributed by atoms with van der Waals surface area (Å²) < 4.78 is 30.0. The quantitative estimate of drug-likeness (QED) is 0.754. The molecule has 5 nitrogen and oxygen atoms in total. The molecule has 1 heterocycles. The van der Waals surface area contributed by atoms with Crippen molar-refractivity contribution in [1.29, 1.82) is 0 Å². The first kappa shape index (κ1) is 16.4. The van der Waals surface area contributed by atoms with Gasteiger partial charge in [0.05, 0.1) is 33.2 Å². The molecule has 0 unspecified atom stereocenters. The van der Waals surface area contributed by atoms with Crippen molar-refractivity contribution in [3.8, 4) is 5.75 Å². The van der Waals surface area contributed by atoms with E-state index in [-0.39, 0.29) is 27.3 Å². The predicted molar refractivity (Wildman–Crippen MR) is 81.7 cm³/mol. The molecule has 1 aromatic heterocycles. The van der Waals surface area contributed by atoms with Gasteiger partial charge in [0.2, 0.25) is 0 Å². The molecule has 21 heavy (non-hydrogen) atoms. The van der Waals surface area contributed by atoms with Crippen LogP contribution in [-0.4, -0.2) is 18.0 Å². The lowest BCUT2D eigenvalue weighted by molar-refractivity contribution is 0.295. The number of aryl methyl sites for hydroxylation is 1. The molecule has 0 radical (unpaired) electrons. The zero-order valence-corrected chi connectivity index (χ0v) is 14.0. The van der Waals surface area contributed by atoms with E-state index in [0.717, 1.165) is 12.2 Å². The first-order chi connectivity index (χ1) is 9.82. The number of ether oxygens (including phenoxy) is 1. The average Bonchev–Trinajstić information content (AvgIpc) is 2.84. The van der Waals surface area contributed by atoms with Crippen LogP contribution in [0.3, 0.4) is 0 Å². The monoisotopic (exact) mass is 368 g/mol. The molecule has 2 rings (SSSR count). The van der Waals surface area contributed by atoms with Crippen molar-refractivity contribution in [1.82, 2.24) is 9.55 Å². The Morgan fingerprint density at radius 2 is 1.90 bits per heavy atom. The highest BCUT2D eigenvalue weighted by atomic mass is 35.7. The molecule has 0 aliphatic heterocycles. The third kappa shape index (κ3) is 3.83. The number of rotatable bonds is 5. The second kappa shape index (κ2) is 6.44. The molecule has 0 atom stereocenters. The van der Waals surface area contributed by atoms with Gasteiger partial charge in [-0.3, -0.25) is 0 Å². The summed E-state index contributed by atoms with van der Waals surface area (Å²) in [6, 6.07) is 2.39. The molecule has 0 N–H and O–H groups in total. The van der Waals surface area contributed by atoms with Crippen LogP contribution in [-0.2, 0) is 22.2 Å². The second-order valence-electron chi connectivity index (χ2n) is 4.11. The zero-order chi connectivity index (χ0) is 15.6. The molecule has 0 saturated heterocycles. The van der Waals surface area contributed by atoms with E-state index in [2.05, 4.69) is 4.98 Å². The molecular weight excluding hydrogens is 359 g/mol. The minimum Gasteiger partial charge on any atom is -0.484 e. The van der Waals surface area contributed by atoms with E-state index < -0.39 is 9.05 Å². The van der Waals surface area contributed by atoms with E-state index in [1.165, 1.54) is 12.1 Å². The lowest BCUT2D eigenvalue weighted by Gasteiger charge is -2.12. The number of hydrogen-bond acceptors (Lipinski definition) is 4. The first-order valence-electron chi connectivity index (χ1n) is 5.88. The summed E-state index contributed by atoms with van der Waals surface area (Å²) in [6.45, 7) is 2.94. The van der Waals surface area contributed by atoms with Crippen molar-refractivity contribution in [3.05, 3.63) is 40.4 Å². The largest absolute Gasteiger partial charge is 0.484 e. The maximum Gasteiger partial charge on any atom is 0.261 e. The first-order valence-corrected chi connectivity index (χ1v) is 8.95. The van der Waals surface area contributed by atoms with Gasteiger partial charge >= 0.3 is 0 Å². The molecule has 1 aromatic carbocycles. The van der Waals surface area contributed by atoms with Crippen LogP contribution in [0.5, 0.6) is 5.75 Å². The summed E-state index contributed by atoms with van der Waals surface area (Å²) in [6.07, 6.45) is 3.36. The SMILES string of the molecule is CCn1cncc1COc1c(Cl)cc(S(=O)(=O)Cl)cc1Cl. The molecule has 2 aromatic rings. The maximum absolute atomic E-state index is 11.3. The lowest BCUT2D eigenvalue weighted by Crippen LogP contribution is -2.04. The molecule has 0 aliphatic carbocycles. The van der Waals surface area contributed by atoms with Gasteiger partial charge < -0.3 is 9.30 Å². The maximum atomic E-state index is 11.3. The van der Waals surface area contributed by atoms with Crippen LogP contribution < -0.4 is 4.74 Å². The highest BCUT2D eigenvalue weighted by Gasteiger charge is 2.17. The topological polar surface area (TPSA) is 61.2 Å². The van der Waals surface area contributed by atoms with E-state index in [9.17, 15) is 8.42 Å². The van der Waals surface area contributed by atoms with E-state index in [1.54, 1.807) is 12.5 Å². The Hall–Kier alpha value is -0.950. The van der Waals surface area contributed by atoms with Gasteiger partial charge in [-0.25, -0.2) is 13.4 Å². The minimum atomic E-state index is -3.90. The van der Waals surface area contributed by atoms with Crippen molar-refractivity contribution in [2.45, 2.75) is 25.0 Å². The van der Waals surface area contributed by atoms with Gasteiger partial charge in [0, 0.05) is 17.2 Å². The normalized spacial score (nSPS) is 11.6. The standard InChI is InChI=1S/C12H11Cl3N2O3S/c1-2-17-7-16-5-8(17)6-20-12-10(13)3-9(4-11(12)14)21(15,18)19/h3-5,7H,2,6H2,1H3. The molecule has 0 fully saturated rings. The van der Waals surface area contributed by atoms with Gasteiger partial charge in [-0.1, -0.05) is 23.2 Å². The van der Waals surface area contributed by atoms with Crippen molar-refractivity contribution < 1.29 is 13.2 Å². The average molecular weight is 370 g/mol. The van der Waals surface area contributed by atoms with Gasteiger partial charge in [-0.05, 0) is 19.1 Å². The fourth-order valence-corrected chi connectivity index (χ4v) is 3.22. The van der Waals surface area contributed by atoms with Crippen LogP contribution in [0.1, 0.15) is 12.6 Å². The second-order valence-corrected chi connectivity index (χ2v) is 7.49. The summed E-state index contributed by atoms with van der Waals surface area (Å²) in [5, 5.41) is 0.147. The number of imidazole rings is 1. The number of nitrogens with zero attached hydrogens (tertiary/aromatic N) is 2. The molecule has 0 aliphatic rings. The molecule has 0 amide bonds. The summed E-state index contributed by atoms with van der Waals surface area (Å²) in [4.78, 5) is 3.84. The van der Waals surface area contributed by atoms with Gasteiger partial charge in [0.25, 0.3) is 9.05 Å². The Bertz CT molecular complexity index is 736. The van der Waals surface area contributed by atoms with Crippen LogP contribution in [0, 0.1) is 0 Å². The van der Waals surface area contributed by atoms with Crippen LogP contribution in [0.4, 0.5) is 0 Å². The van der Waals surface area contributed by atoms with Gasteiger partial charge in [-0.15, -0.1) is 0 Å². The Morgan fingerprint density at radius 3 is 2.43 bits per heavy atom. The Balaban J connectivity index is 2.25. The summed E-state index contributed by atoms with van der Waals surface area (Å²) >= 11 is 12.0. The highest BCUT2D eigenvalue weighted by Crippen LogP contribution is 2.36. The third-order valence-corrected chi connectivity index (χ3v) is 4.65. The number of halogens is 3. The number of aromatic nitrogens is 2. The summed E-state index contributed by atoms with van der Waals surface area (Å²) in [7, 11) is 1.36. The van der Waals surface area contributed by atoms with Crippen LogP contribution in [0.25, 0.3) is 0 Å². The fraction of sp³-hybridized carbons (Fsp3) is 0.250. The smallest absolute Gasteiger partial charge is 0.261 e. The Labute approximate surface area is 136 Å². The minimum absolute atomic E-state index is 0.0734. The molecule has 9 heteroatoms. The molecule has 0 saturated carbocycles. The summed E-state index contributed by atoms with van der Waals surface area (Å²) in [5.41, 5.74) is 0.846. The van der Waals surface area contributed by atoms with Crippen molar-refractivity contribution in [2.75, 3.05) is 0 Å². The summed E-state index contributed by atoms with van der Waals surface area (Å²) in [5.74, 6) is 0.200. The third-order valence-electron chi connectivity index (χ3n) is 2.76. The lowest BCUT2D eigenvalue weighted by atomic mass is 10.3. The molecular formula is C12H11Cl3N2O3S. The number of benzene rings is 1. The van der Waals surface area contributed by atoms with Crippen LogP contribution in [0.15, 0.2) is 29.6 Å². The molecule has 0 spiro atoms. The van der Waals surface area contributed by atoms with E-state index in [4.69, 9.17) is 38.6 Å². The zero-order valence-electron chi connectivity index (χ0n) is 10.9. The van der Waals surface area contributed by atoms with Crippen molar-refractivity contribution in [2.24, 2.45) is 0 Å². The highest BCUT2D eigenvalue weighted by molar-refractivity contribution is 8.13. The van der Waals surface area contributed by atoms with E-state index in [0.29, 0.717) is 0 Å². The predicted octanol–water partition coefficient (Wildman–Crippen LogP) is 3.72. The van der Waals surface area contributed by atoms with Crippen LogP contribution in [0.2, 0.25) is 10.0 Å². The van der Waals surface area contributed by atoms with E-state index in [1.807, 2.05) is 11.5 Å². The van der Waals surface area contributed by atoms with Gasteiger partial charge in [-0.2, -0.15) is 0 Å². The van der Waals surface area contributed by atoms with Gasteiger partial charge in [0.1, 0.15) is 6.61 Å². The van der Waals surface area contributed by atoms with Crippen molar-refractivity contribution in [3.63, 3.8) is 0 Å². The number of hydrogen-bond donors (Lipinski definition) is 0. The van der Waals surface area contributed by atoms with E-state index >= 15 is 0 Å².